The molecule has 2 aliphatic rings. The first kappa shape index (κ1) is 10.9. The van der Waals surface area contributed by atoms with E-state index in [2.05, 4.69) is 18.9 Å². The Bertz CT molecular complexity index is 250. The molecular weight excluding hydrogens is 188 g/mol. The van der Waals surface area contributed by atoms with Crippen LogP contribution >= 0.6 is 0 Å². The van der Waals surface area contributed by atoms with Crippen LogP contribution in [0.3, 0.4) is 0 Å². The van der Waals surface area contributed by atoms with E-state index in [1.807, 2.05) is 11.9 Å². The first-order valence-corrected chi connectivity index (χ1v) is 6.05. The summed E-state index contributed by atoms with van der Waals surface area (Å²) >= 11 is 0. The Morgan fingerprint density at radius 1 is 1.27 bits per heavy atom. The second-order valence-corrected chi connectivity index (χ2v) is 5.29. The number of amides is 1. The molecule has 0 aromatic rings. The third kappa shape index (κ3) is 2.71. The van der Waals surface area contributed by atoms with Crippen molar-refractivity contribution in [3.05, 3.63) is 0 Å². The average molecular weight is 210 g/mol. The molecule has 0 spiro atoms. The van der Waals surface area contributed by atoms with Gasteiger partial charge >= 0.3 is 0 Å². The highest BCUT2D eigenvalue weighted by atomic mass is 16.2. The van der Waals surface area contributed by atoms with E-state index in [4.69, 9.17) is 0 Å². The van der Waals surface area contributed by atoms with E-state index in [-0.39, 0.29) is 0 Å². The maximum absolute atomic E-state index is 11.8. The number of carbonyl (C=O) groups excluding carboxylic acids is 1. The van der Waals surface area contributed by atoms with Gasteiger partial charge in [0, 0.05) is 32.1 Å². The Hall–Kier alpha value is -0.570. The van der Waals surface area contributed by atoms with E-state index in [1.165, 1.54) is 12.8 Å². The average Bonchev–Trinajstić information content (AvgIpc) is 3.05. The molecule has 2 saturated carbocycles. The van der Waals surface area contributed by atoms with E-state index in [1.54, 1.807) is 0 Å². The van der Waals surface area contributed by atoms with E-state index in [9.17, 15) is 4.79 Å². The Morgan fingerprint density at radius 2 is 1.87 bits per heavy atom. The fourth-order valence-electron chi connectivity index (χ4n) is 2.07. The molecular formula is C12H22N2O. The molecule has 0 N–H and O–H groups in total. The van der Waals surface area contributed by atoms with E-state index in [0.717, 1.165) is 25.6 Å². The lowest BCUT2D eigenvalue weighted by atomic mass is 10.3. The van der Waals surface area contributed by atoms with Crippen molar-refractivity contribution in [3.63, 3.8) is 0 Å². The van der Waals surface area contributed by atoms with Gasteiger partial charge in [-0.25, -0.2) is 0 Å². The number of carbonyl (C=O) groups is 1. The molecule has 0 bridgehead atoms. The number of hydrogen-bond donors (Lipinski definition) is 0. The maximum Gasteiger partial charge on any atom is 0.225 e. The Morgan fingerprint density at radius 3 is 2.33 bits per heavy atom. The van der Waals surface area contributed by atoms with E-state index >= 15 is 0 Å². The van der Waals surface area contributed by atoms with Crippen molar-refractivity contribution in [2.75, 3.05) is 27.2 Å². The highest BCUT2D eigenvalue weighted by molar-refractivity contribution is 5.81. The summed E-state index contributed by atoms with van der Waals surface area (Å²) in [6.07, 6.45) is 3.78. The van der Waals surface area contributed by atoms with Crippen LogP contribution in [-0.2, 0) is 4.79 Å². The minimum Gasteiger partial charge on any atom is -0.344 e. The highest BCUT2D eigenvalue weighted by Gasteiger charge is 2.40. The molecule has 1 amide bonds. The number of rotatable bonds is 5. The third-order valence-electron chi connectivity index (χ3n) is 3.76. The van der Waals surface area contributed by atoms with Crippen molar-refractivity contribution in [2.45, 2.75) is 32.2 Å². The zero-order chi connectivity index (χ0) is 11.0. The number of nitrogens with zero attached hydrogens (tertiary/aromatic N) is 2. The molecule has 0 heterocycles. The predicted molar refractivity (Wildman–Crippen MR) is 60.6 cm³/mol. The monoisotopic (exact) mass is 210 g/mol. The fourth-order valence-corrected chi connectivity index (χ4v) is 2.07. The minimum atomic E-state index is 0.334. The quantitative estimate of drug-likeness (QED) is 0.680. The maximum atomic E-state index is 11.8. The summed E-state index contributed by atoms with van der Waals surface area (Å²) in [5.41, 5.74) is 0. The van der Waals surface area contributed by atoms with Crippen LogP contribution in [-0.4, -0.2) is 48.9 Å². The van der Waals surface area contributed by atoms with Crippen molar-refractivity contribution in [1.82, 2.24) is 9.80 Å². The van der Waals surface area contributed by atoms with Crippen LogP contribution in [0.25, 0.3) is 0 Å². The van der Waals surface area contributed by atoms with E-state index in [0.29, 0.717) is 17.7 Å². The number of hydrogen-bond acceptors (Lipinski definition) is 2. The molecule has 2 rings (SSSR count). The summed E-state index contributed by atoms with van der Waals surface area (Å²) in [5.74, 6) is 1.31. The molecule has 0 radical (unpaired) electrons. The molecule has 15 heavy (non-hydrogen) atoms. The first-order valence-electron chi connectivity index (χ1n) is 6.05. The molecule has 2 atom stereocenters. The van der Waals surface area contributed by atoms with Crippen LogP contribution < -0.4 is 0 Å². The Kier molecular flexibility index (Phi) is 3.01. The lowest BCUT2D eigenvalue weighted by Crippen LogP contribution is -2.36. The van der Waals surface area contributed by atoms with Crippen molar-refractivity contribution in [2.24, 2.45) is 11.8 Å². The van der Waals surface area contributed by atoms with Gasteiger partial charge in [0.25, 0.3) is 0 Å². The van der Waals surface area contributed by atoms with Crippen LogP contribution in [0.15, 0.2) is 0 Å². The molecule has 2 fully saturated rings. The molecule has 0 aromatic heterocycles. The third-order valence-corrected chi connectivity index (χ3v) is 3.76. The van der Waals surface area contributed by atoms with Crippen molar-refractivity contribution < 1.29 is 4.79 Å². The molecule has 86 valence electrons. The Balaban J connectivity index is 1.67. The first-order chi connectivity index (χ1) is 7.09. The molecule has 0 unspecified atom stereocenters. The Labute approximate surface area is 92.4 Å². The van der Waals surface area contributed by atoms with Gasteiger partial charge in [-0.1, -0.05) is 6.92 Å². The standard InChI is InChI=1S/C12H22N2O/c1-9-8-11(9)12(15)14(3)7-6-13(2)10-4-5-10/h9-11H,4-8H2,1-3H3/t9-,11-/m0/s1. The van der Waals surface area contributed by atoms with Crippen molar-refractivity contribution >= 4 is 5.91 Å². The smallest absolute Gasteiger partial charge is 0.225 e. The zero-order valence-corrected chi connectivity index (χ0v) is 10.1. The molecule has 0 aromatic carbocycles. The van der Waals surface area contributed by atoms with Crippen LogP contribution in [0.4, 0.5) is 0 Å². The van der Waals surface area contributed by atoms with Gasteiger partial charge in [0.05, 0.1) is 0 Å². The van der Waals surface area contributed by atoms with Gasteiger partial charge in [-0.3, -0.25) is 4.79 Å². The normalized spacial score (nSPS) is 29.3. The van der Waals surface area contributed by atoms with Crippen LogP contribution in [0.1, 0.15) is 26.2 Å². The SMILES string of the molecule is C[C@H]1C[C@@H]1C(=O)N(C)CCN(C)C1CC1. The lowest BCUT2D eigenvalue weighted by molar-refractivity contribution is -0.131. The van der Waals surface area contributed by atoms with Gasteiger partial charge < -0.3 is 9.80 Å². The van der Waals surface area contributed by atoms with Gasteiger partial charge in [-0.05, 0) is 32.2 Å². The zero-order valence-electron chi connectivity index (χ0n) is 10.1. The van der Waals surface area contributed by atoms with Gasteiger partial charge in [-0.15, -0.1) is 0 Å². The van der Waals surface area contributed by atoms with Gasteiger partial charge in [0.2, 0.25) is 5.91 Å². The largest absolute Gasteiger partial charge is 0.344 e. The summed E-state index contributed by atoms with van der Waals surface area (Å²) in [6, 6.07) is 0.799. The summed E-state index contributed by atoms with van der Waals surface area (Å²) in [5, 5.41) is 0. The number of likely N-dealkylation sites (N-methyl/N-ethyl adjacent to an activating group) is 2. The van der Waals surface area contributed by atoms with Gasteiger partial charge in [-0.2, -0.15) is 0 Å². The second-order valence-electron chi connectivity index (χ2n) is 5.29. The molecule has 3 heteroatoms. The molecule has 2 aliphatic carbocycles. The van der Waals surface area contributed by atoms with Gasteiger partial charge in [0.1, 0.15) is 0 Å². The van der Waals surface area contributed by atoms with Gasteiger partial charge in [0.15, 0.2) is 0 Å². The molecule has 3 nitrogen and oxygen atoms in total. The fraction of sp³-hybridized carbons (Fsp3) is 0.917. The summed E-state index contributed by atoms with van der Waals surface area (Å²) < 4.78 is 0. The van der Waals surface area contributed by atoms with Crippen LogP contribution in [0.5, 0.6) is 0 Å². The van der Waals surface area contributed by atoms with Crippen LogP contribution in [0, 0.1) is 11.8 Å². The predicted octanol–water partition coefficient (Wildman–Crippen LogP) is 1.19. The summed E-state index contributed by atoms with van der Waals surface area (Å²) in [4.78, 5) is 16.1. The van der Waals surface area contributed by atoms with Crippen LogP contribution in [0.2, 0.25) is 0 Å². The topological polar surface area (TPSA) is 23.6 Å². The molecule has 0 aliphatic heterocycles. The summed E-state index contributed by atoms with van der Waals surface area (Å²) in [7, 11) is 4.10. The van der Waals surface area contributed by atoms with Crippen molar-refractivity contribution in [1.29, 1.82) is 0 Å². The van der Waals surface area contributed by atoms with Crippen molar-refractivity contribution in [3.8, 4) is 0 Å². The molecule has 0 saturated heterocycles. The second kappa shape index (κ2) is 4.12. The lowest BCUT2D eigenvalue weighted by Gasteiger charge is -2.22. The minimum absolute atomic E-state index is 0.334. The van der Waals surface area contributed by atoms with E-state index < -0.39 is 0 Å². The summed E-state index contributed by atoms with van der Waals surface area (Å²) in [6.45, 7) is 4.07. The highest BCUT2D eigenvalue weighted by Crippen LogP contribution is 2.38.